The van der Waals surface area contributed by atoms with E-state index >= 15 is 0 Å². The number of aliphatic carboxylic acids is 2. The van der Waals surface area contributed by atoms with Crippen LogP contribution in [0, 0.1) is 29.1 Å². The van der Waals surface area contributed by atoms with E-state index in [0.29, 0.717) is 19.3 Å². The Labute approximate surface area is 170 Å². The Balaban J connectivity index is 1.52. The van der Waals surface area contributed by atoms with Crippen molar-refractivity contribution in [2.45, 2.75) is 109 Å². The molecule has 4 nitrogen and oxygen atoms in total. The molecule has 0 heterocycles. The summed E-state index contributed by atoms with van der Waals surface area (Å²) in [4.78, 5) is 23.9. The summed E-state index contributed by atoms with van der Waals surface area (Å²) in [6.45, 7) is 0. The topological polar surface area (TPSA) is 74.6 Å². The van der Waals surface area contributed by atoms with Gasteiger partial charge in [-0.1, -0.05) is 77.0 Å². The highest BCUT2D eigenvalue weighted by Crippen LogP contribution is 2.50. The lowest BCUT2D eigenvalue weighted by molar-refractivity contribution is -0.161. The van der Waals surface area contributed by atoms with Crippen molar-refractivity contribution in [3.05, 3.63) is 0 Å². The van der Waals surface area contributed by atoms with Gasteiger partial charge in [-0.05, 0) is 49.9 Å². The summed E-state index contributed by atoms with van der Waals surface area (Å²) in [5, 5.41) is 19.7. The molecule has 0 radical (unpaired) electrons. The molecule has 0 aromatic carbocycles. The molecule has 3 aliphatic rings. The van der Waals surface area contributed by atoms with E-state index in [2.05, 4.69) is 0 Å². The molecule has 28 heavy (non-hydrogen) atoms. The fourth-order valence-corrected chi connectivity index (χ4v) is 5.52. The van der Waals surface area contributed by atoms with Gasteiger partial charge < -0.3 is 10.2 Å². The Morgan fingerprint density at radius 1 is 0.750 bits per heavy atom. The molecule has 2 N–H and O–H groups in total. The van der Waals surface area contributed by atoms with Gasteiger partial charge in [0, 0.05) is 0 Å². The summed E-state index contributed by atoms with van der Waals surface area (Å²) >= 11 is 0. The molecule has 160 valence electrons. The van der Waals surface area contributed by atoms with Crippen LogP contribution in [0.15, 0.2) is 0 Å². The van der Waals surface area contributed by atoms with Crippen LogP contribution in [0.5, 0.6) is 0 Å². The quantitative estimate of drug-likeness (QED) is 0.341. The molecule has 3 atom stereocenters. The van der Waals surface area contributed by atoms with Crippen LogP contribution in [-0.2, 0) is 9.59 Å². The number of hydrogen-bond donors (Lipinski definition) is 2. The van der Waals surface area contributed by atoms with Crippen LogP contribution in [0.1, 0.15) is 109 Å². The maximum absolute atomic E-state index is 12.4. The second kappa shape index (κ2) is 10.1. The van der Waals surface area contributed by atoms with Crippen LogP contribution in [-0.4, -0.2) is 22.2 Å². The molecule has 3 rings (SSSR count). The molecule has 0 saturated heterocycles. The Morgan fingerprint density at radius 3 is 1.86 bits per heavy atom. The predicted molar refractivity (Wildman–Crippen MR) is 110 cm³/mol. The number of rotatable bonds is 14. The molecule has 3 unspecified atom stereocenters. The summed E-state index contributed by atoms with van der Waals surface area (Å²) in [5.74, 6) is 0.189. The molecular weight excluding hydrogens is 352 g/mol. The van der Waals surface area contributed by atoms with Gasteiger partial charge in [-0.15, -0.1) is 0 Å². The van der Waals surface area contributed by atoms with Crippen LogP contribution in [0.25, 0.3) is 0 Å². The lowest BCUT2D eigenvalue weighted by Gasteiger charge is -2.43. The standard InChI is InChI=1S/C24H40O4/c25-22(26)20-14-16-24(23(27)28,15-6-2-4-8-19-12-13-19)21(17-20)9-5-1-3-7-18-10-11-18/h18-21H,1-17H2,(H,25,26)(H,27,28). The average molecular weight is 393 g/mol. The third kappa shape index (κ3) is 6.22. The van der Waals surface area contributed by atoms with Crippen molar-refractivity contribution in [2.24, 2.45) is 29.1 Å². The van der Waals surface area contributed by atoms with E-state index in [9.17, 15) is 19.8 Å². The molecule has 3 fully saturated rings. The van der Waals surface area contributed by atoms with Crippen molar-refractivity contribution in [2.75, 3.05) is 0 Å². The van der Waals surface area contributed by atoms with E-state index in [4.69, 9.17) is 0 Å². The van der Waals surface area contributed by atoms with Gasteiger partial charge >= 0.3 is 11.9 Å². The first-order valence-electron chi connectivity index (χ1n) is 12.0. The van der Waals surface area contributed by atoms with Crippen molar-refractivity contribution in [1.29, 1.82) is 0 Å². The zero-order valence-electron chi connectivity index (χ0n) is 17.5. The average Bonchev–Trinajstić information content (AvgIpc) is 3.56. The second-order valence-corrected chi connectivity index (χ2v) is 10.1. The molecular formula is C24H40O4. The minimum Gasteiger partial charge on any atom is -0.481 e. The molecule has 0 amide bonds. The van der Waals surface area contributed by atoms with Crippen molar-refractivity contribution < 1.29 is 19.8 Å². The van der Waals surface area contributed by atoms with Gasteiger partial charge in [0.1, 0.15) is 0 Å². The Kier molecular flexibility index (Phi) is 7.82. The van der Waals surface area contributed by atoms with Crippen LogP contribution >= 0.6 is 0 Å². The highest BCUT2D eigenvalue weighted by atomic mass is 16.4. The van der Waals surface area contributed by atoms with Crippen molar-refractivity contribution in [3.8, 4) is 0 Å². The Hall–Kier alpha value is -1.06. The van der Waals surface area contributed by atoms with Crippen molar-refractivity contribution >= 4 is 11.9 Å². The molecule has 3 saturated carbocycles. The normalized spacial score (nSPS) is 30.3. The SMILES string of the molecule is O=C(O)C1CCC(CCCCCC2CC2)(C(=O)O)C(CCCCCC2CC2)C1. The third-order valence-electron chi connectivity index (χ3n) is 7.86. The molecule has 0 aromatic heterocycles. The summed E-state index contributed by atoms with van der Waals surface area (Å²) in [7, 11) is 0. The number of unbranched alkanes of at least 4 members (excludes halogenated alkanes) is 4. The van der Waals surface area contributed by atoms with Crippen LogP contribution < -0.4 is 0 Å². The highest BCUT2D eigenvalue weighted by Gasteiger charge is 2.49. The van der Waals surface area contributed by atoms with E-state index in [1.807, 2.05) is 0 Å². The highest BCUT2D eigenvalue weighted by molar-refractivity contribution is 5.76. The first-order valence-corrected chi connectivity index (χ1v) is 12.0. The van der Waals surface area contributed by atoms with Gasteiger partial charge in [-0.2, -0.15) is 0 Å². The zero-order chi connectivity index (χ0) is 20.0. The lowest BCUT2D eigenvalue weighted by atomic mass is 9.59. The van der Waals surface area contributed by atoms with Gasteiger partial charge in [0.25, 0.3) is 0 Å². The van der Waals surface area contributed by atoms with E-state index in [1.165, 1.54) is 57.8 Å². The number of carboxylic acids is 2. The Morgan fingerprint density at radius 2 is 1.32 bits per heavy atom. The maximum Gasteiger partial charge on any atom is 0.309 e. The van der Waals surface area contributed by atoms with E-state index in [0.717, 1.165) is 43.9 Å². The van der Waals surface area contributed by atoms with Gasteiger partial charge in [0.2, 0.25) is 0 Å². The number of carbonyl (C=O) groups is 2. The fraction of sp³-hybridized carbons (Fsp3) is 0.917. The first kappa shape index (κ1) is 21.6. The molecule has 0 bridgehead atoms. The van der Waals surface area contributed by atoms with Gasteiger partial charge in [-0.3, -0.25) is 9.59 Å². The van der Waals surface area contributed by atoms with Gasteiger partial charge in [0.15, 0.2) is 0 Å². The molecule has 0 spiro atoms. The molecule has 0 aliphatic heterocycles. The molecule has 0 aromatic rings. The monoisotopic (exact) mass is 392 g/mol. The third-order valence-corrected chi connectivity index (χ3v) is 7.86. The minimum atomic E-state index is -0.734. The van der Waals surface area contributed by atoms with Crippen molar-refractivity contribution in [1.82, 2.24) is 0 Å². The summed E-state index contributed by atoms with van der Waals surface area (Å²) in [6.07, 6.45) is 18.3. The van der Waals surface area contributed by atoms with Crippen LogP contribution in [0.4, 0.5) is 0 Å². The van der Waals surface area contributed by atoms with Gasteiger partial charge in [0.05, 0.1) is 11.3 Å². The van der Waals surface area contributed by atoms with Crippen molar-refractivity contribution in [3.63, 3.8) is 0 Å². The van der Waals surface area contributed by atoms with Gasteiger partial charge in [-0.25, -0.2) is 0 Å². The largest absolute Gasteiger partial charge is 0.481 e. The van der Waals surface area contributed by atoms with E-state index in [1.54, 1.807) is 0 Å². The number of carboxylic acid groups (broad SMARTS) is 2. The number of hydrogen-bond acceptors (Lipinski definition) is 2. The summed E-state index contributed by atoms with van der Waals surface area (Å²) < 4.78 is 0. The first-order chi connectivity index (χ1) is 13.5. The molecule has 4 heteroatoms. The fourth-order valence-electron chi connectivity index (χ4n) is 5.52. The summed E-state index contributed by atoms with van der Waals surface area (Å²) in [5.41, 5.74) is -0.679. The molecule has 3 aliphatic carbocycles. The van der Waals surface area contributed by atoms with E-state index in [-0.39, 0.29) is 11.8 Å². The predicted octanol–water partition coefficient (Wildman–Crippen LogP) is 6.28. The Bertz CT molecular complexity index is 523. The summed E-state index contributed by atoms with van der Waals surface area (Å²) in [6, 6.07) is 0. The zero-order valence-corrected chi connectivity index (χ0v) is 17.5. The minimum absolute atomic E-state index is 0.0317. The van der Waals surface area contributed by atoms with Crippen LogP contribution in [0.3, 0.4) is 0 Å². The lowest BCUT2D eigenvalue weighted by Crippen LogP contribution is -2.44. The van der Waals surface area contributed by atoms with E-state index < -0.39 is 17.4 Å². The maximum atomic E-state index is 12.4. The second-order valence-electron chi connectivity index (χ2n) is 10.1. The van der Waals surface area contributed by atoms with Crippen LogP contribution in [0.2, 0.25) is 0 Å². The smallest absolute Gasteiger partial charge is 0.309 e.